The minimum Gasteiger partial charge on any atom is -0.489 e. The quantitative estimate of drug-likeness (QED) is 0.499. The van der Waals surface area contributed by atoms with Crippen molar-refractivity contribution < 1.29 is 28.6 Å². The number of hydrogen-bond donors (Lipinski definition) is 0. The van der Waals surface area contributed by atoms with Gasteiger partial charge in [-0.3, -0.25) is 14.4 Å². The van der Waals surface area contributed by atoms with Gasteiger partial charge in [0.05, 0.1) is 12.2 Å². The highest BCUT2D eigenvalue weighted by Gasteiger charge is 2.30. The minimum atomic E-state index is -0.597. The minimum absolute atomic E-state index is 0.0157. The largest absolute Gasteiger partial charge is 0.489 e. The number of carbonyl (C=O) groups excluding carboxylic acids is 3. The fourth-order valence-corrected chi connectivity index (χ4v) is 3.34. The zero-order valence-corrected chi connectivity index (χ0v) is 16.6. The predicted molar refractivity (Wildman–Crippen MR) is 106 cm³/mol. The molecule has 0 bridgehead atoms. The summed E-state index contributed by atoms with van der Waals surface area (Å²) in [6.07, 6.45) is -0.820. The maximum absolute atomic E-state index is 12.6. The number of ether oxygens (including phenoxy) is 3. The van der Waals surface area contributed by atoms with Gasteiger partial charge in [0.15, 0.2) is 5.78 Å². The van der Waals surface area contributed by atoms with Gasteiger partial charge in [-0.15, -0.1) is 0 Å². The Bertz CT molecular complexity index is 903. The summed E-state index contributed by atoms with van der Waals surface area (Å²) in [6, 6.07) is 13.3. The van der Waals surface area contributed by atoms with E-state index < -0.39 is 12.1 Å². The van der Waals surface area contributed by atoms with Crippen molar-refractivity contribution in [3.05, 3.63) is 59.2 Å². The average Bonchev–Trinajstić information content (AvgIpc) is 2.66. The second-order valence-corrected chi connectivity index (χ2v) is 6.98. The predicted octanol–water partition coefficient (Wildman–Crippen LogP) is 3.82. The Balaban J connectivity index is 1.68. The molecule has 6 nitrogen and oxygen atoms in total. The Morgan fingerprint density at radius 1 is 1.17 bits per heavy atom. The van der Waals surface area contributed by atoms with E-state index in [-0.39, 0.29) is 37.4 Å². The van der Waals surface area contributed by atoms with Gasteiger partial charge >= 0.3 is 5.97 Å². The van der Waals surface area contributed by atoms with Crippen molar-refractivity contribution in [3.8, 4) is 11.5 Å². The van der Waals surface area contributed by atoms with Gasteiger partial charge in [0.25, 0.3) is 0 Å². The zero-order chi connectivity index (χ0) is 20.8. The lowest BCUT2D eigenvalue weighted by Crippen LogP contribution is -2.30. The van der Waals surface area contributed by atoms with E-state index in [0.717, 1.165) is 11.1 Å². The van der Waals surface area contributed by atoms with Gasteiger partial charge in [0.2, 0.25) is 0 Å². The van der Waals surface area contributed by atoms with E-state index in [4.69, 9.17) is 14.2 Å². The van der Waals surface area contributed by atoms with E-state index in [1.54, 1.807) is 13.0 Å². The molecule has 1 aliphatic heterocycles. The van der Waals surface area contributed by atoms with Crippen molar-refractivity contribution >= 4 is 17.5 Å². The highest BCUT2D eigenvalue weighted by Crippen LogP contribution is 2.35. The molecule has 1 atom stereocenters. The van der Waals surface area contributed by atoms with E-state index in [1.807, 2.05) is 43.3 Å². The third kappa shape index (κ3) is 5.44. The summed E-state index contributed by atoms with van der Waals surface area (Å²) in [6.45, 7) is 4.14. The van der Waals surface area contributed by atoms with Crippen LogP contribution in [0, 0.1) is 6.92 Å². The van der Waals surface area contributed by atoms with Crippen LogP contribution < -0.4 is 9.47 Å². The third-order valence-electron chi connectivity index (χ3n) is 4.61. The van der Waals surface area contributed by atoms with E-state index in [2.05, 4.69) is 0 Å². The first kappa shape index (κ1) is 20.6. The Hall–Kier alpha value is -3.15. The van der Waals surface area contributed by atoms with Crippen molar-refractivity contribution in [3.63, 3.8) is 0 Å². The molecule has 1 aliphatic rings. The van der Waals surface area contributed by atoms with Gasteiger partial charge in [0.1, 0.15) is 36.4 Å². The third-order valence-corrected chi connectivity index (χ3v) is 4.61. The van der Waals surface area contributed by atoms with Crippen molar-refractivity contribution in [2.45, 2.75) is 45.8 Å². The molecule has 1 heterocycles. The average molecular weight is 396 g/mol. The summed E-state index contributed by atoms with van der Waals surface area (Å²) in [5.74, 6) is 0.0623. The number of benzene rings is 2. The van der Waals surface area contributed by atoms with Crippen LogP contribution in [-0.4, -0.2) is 30.2 Å². The van der Waals surface area contributed by atoms with Gasteiger partial charge in [-0.05, 0) is 31.0 Å². The molecule has 0 aromatic heterocycles. The summed E-state index contributed by atoms with van der Waals surface area (Å²) in [5, 5.41) is 0. The summed E-state index contributed by atoms with van der Waals surface area (Å²) in [5.41, 5.74) is 2.32. The molecule has 0 saturated heterocycles. The van der Waals surface area contributed by atoms with Crippen LogP contribution in [0.5, 0.6) is 11.5 Å². The van der Waals surface area contributed by atoms with E-state index in [0.29, 0.717) is 23.7 Å². The molecule has 152 valence electrons. The van der Waals surface area contributed by atoms with Crippen LogP contribution in [0.4, 0.5) is 0 Å². The fraction of sp³-hybridized carbons (Fsp3) is 0.348. The first-order chi connectivity index (χ1) is 14.0. The molecule has 0 fully saturated rings. The number of hydrogen-bond acceptors (Lipinski definition) is 6. The molecule has 0 spiro atoms. The number of ketones is 2. The van der Waals surface area contributed by atoms with Crippen LogP contribution in [0.25, 0.3) is 0 Å². The van der Waals surface area contributed by atoms with Gasteiger partial charge in [0, 0.05) is 18.9 Å². The Morgan fingerprint density at radius 2 is 1.93 bits per heavy atom. The molecule has 0 amide bonds. The molecule has 0 radical (unpaired) electrons. The van der Waals surface area contributed by atoms with Crippen molar-refractivity contribution in [1.82, 2.24) is 0 Å². The summed E-state index contributed by atoms with van der Waals surface area (Å²) in [7, 11) is 0. The number of fused-ring (bicyclic) bond motifs is 1. The zero-order valence-electron chi connectivity index (χ0n) is 16.6. The van der Waals surface area contributed by atoms with Crippen LogP contribution in [0.15, 0.2) is 42.5 Å². The molecule has 3 rings (SSSR count). The number of esters is 1. The van der Waals surface area contributed by atoms with E-state index in [1.165, 1.54) is 0 Å². The van der Waals surface area contributed by atoms with Crippen LogP contribution in [0.3, 0.4) is 0 Å². The molecule has 2 aromatic carbocycles. The number of rotatable bonds is 8. The molecule has 0 saturated carbocycles. The molecule has 6 heteroatoms. The first-order valence-electron chi connectivity index (χ1n) is 9.64. The topological polar surface area (TPSA) is 78.9 Å². The van der Waals surface area contributed by atoms with Crippen molar-refractivity contribution in [2.75, 3.05) is 6.61 Å². The van der Waals surface area contributed by atoms with Crippen molar-refractivity contribution in [1.29, 1.82) is 0 Å². The molecular weight excluding hydrogens is 372 g/mol. The molecule has 1 unspecified atom stereocenters. The second-order valence-electron chi connectivity index (χ2n) is 6.98. The first-order valence-corrected chi connectivity index (χ1v) is 9.64. The summed E-state index contributed by atoms with van der Waals surface area (Å²) in [4.78, 5) is 36.2. The maximum Gasteiger partial charge on any atom is 0.313 e. The van der Waals surface area contributed by atoms with Crippen LogP contribution in [0.1, 0.15) is 47.7 Å². The monoisotopic (exact) mass is 396 g/mol. The van der Waals surface area contributed by atoms with Crippen LogP contribution in [-0.2, 0) is 20.9 Å². The second kappa shape index (κ2) is 9.37. The Morgan fingerprint density at radius 3 is 2.66 bits per heavy atom. The normalized spacial score (nSPS) is 15.2. The summed E-state index contributed by atoms with van der Waals surface area (Å²) >= 11 is 0. The molecule has 0 N–H and O–H groups in total. The SMILES string of the molecule is CCOC(=O)CC(=O)CC1CC(=O)c2c(C)cc(OCc3ccccc3)cc2O1. The van der Waals surface area contributed by atoms with Crippen LogP contribution >= 0.6 is 0 Å². The maximum atomic E-state index is 12.6. The number of Topliss-reactive ketones (excluding diaryl/α,β-unsaturated/α-hetero) is 2. The highest BCUT2D eigenvalue weighted by molar-refractivity contribution is 6.02. The lowest BCUT2D eigenvalue weighted by molar-refractivity contribution is -0.145. The molecular formula is C23H24O6. The smallest absolute Gasteiger partial charge is 0.313 e. The Labute approximate surface area is 169 Å². The molecule has 2 aromatic rings. The highest BCUT2D eigenvalue weighted by atomic mass is 16.5. The van der Waals surface area contributed by atoms with E-state index in [9.17, 15) is 14.4 Å². The van der Waals surface area contributed by atoms with Gasteiger partial charge < -0.3 is 14.2 Å². The lowest BCUT2D eigenvalue weighted by Gasteiger charge is -2.26. The van der Waals surface area contributed by atoms with E-state index >= 15 is 0 Å². The fourth-order valence-electron chi connectivity index (χ4n) is 3.34. The van der Waals surface area contributed by atoms with Crippen molar-refractivity contribution in [2.24, 2.45) is 0 Å². The Kier molecular flexibility index (Phi) is 6.65. The standard InChI is InChI=1S/C23H24O6/c1-3-27-22(26)11-17(24)10-19-12-20(25)23-15(2)9-18(13-21(23)29-19)28-14-16-7-5-4-6-8-16/h4-9,13,19H,3,10-12,14H2,1-2H3. The summed E-state index contributed by atoms with van der Waals surface area (Å²) < 4.78 is 16.6. The number of aryl methyl sites for hydroxylation is 1. The molecule has 29 heavy (non-hydrogen) atoms. The van der Waals surface area contributed by atoms with Crippen LogP contribution in [0.2, 0.25) is 0 Å². The van der Waals surface area contributed by atoms with Gasteiger partial charge in [-0.25, -0.2) is 0 Å². The van der Waals surface area contributed by atoms with Gasteiger partial charge in [-0.1, -0.05) is 30.3 Å². The molecule has 0 aliphatic carbocycles. The lowest BCUT2D eigenvalue weighted by atomic mass is 9.94. The number of carbonyl (C=O) groups is 3. The van der Waals surface area contributed by atoms with Gasteiger partial charge in [-0.2, -0.15) is 0 Å².